The second kappa shape index (κ2) is 7.92. The number of anilines is 1. The van der Waals surface area contributed by atoms with Gasteiger partial charge >= 0.3 is 0 Å². The minimum atomic E-state index is -0.209. The fraction of sp³-hybridized carbons (Fsp3) is 0.435. The van der Waals surface area contributed by atoms with Gasteiger partial charge in [-0.1, -0.05) is 30.3 Å². The molecule has 0 atom stereocenters. The third kappa shape index (κ3) is 4.04. The van der Waals surface area contributed by atoms with E-state index in [0.717, 1.165) is 50.3 Å². The summed E-state index contributed by atoms with van der Waals surface area (Å²) in [5.41, 5.74) is 3.12. The Morgan fingerprint density at radius 2 is 1.89 bits per heavy atom. The topological polar surface area (TPSA) is 35.6 Å². The Morgan fingerprint density at radius 1 is 1.11 bits per heavy atom. The molecule has 2 aromatic carbocycles. The van der Waals surface area contributed by atoms with Crippen molar-refractivity contribution in [3.63, 3.8) is 0 Å². The second-order valence-corrected chi connectivity index (χ2v) is 8.05. The van der Waals surface area contributed by atoms with Gasteiger partial charge in [0, 0.05) is 50.4 Å². The monoisotopic (exact) mass is 381 g/mol. The summed E-state index contributed by atoms with van der Waals surface area (Å²) in [6, 6.07) is 15.2. The third-order valence-corrected chi connectivity index (χ3v) is 6.11. The molecule has 2 aromatic rings. The van der Waals surface area contributed by atoms with E-state index in [0.29, 0.717) is 13.0 Å². The van der Waals surface area contributed by atoms with Crippen LogP contribution in [0.15, 0.2) is 48.5 Å². The molecular weight excluding hydrogens is 353 g/mol. The molecule has 0 saturated carbocycles. The van der Waals surface area contributed by atoms with Crippen LogP contribution in [0.2, 0.25) is 0 Å². The van der Waals surface area contributed by atoms with E-state index in [1.165, 1.54) is 11.6 Å². The van der Waals surface area contributed by atoms with Gasteiger partial charge in [-0.2, -0.15) is 0 Å². The summed E-state index contributed by atoms with van der Waals surface area (Å²) >= 11 is 0. The highest BCUT2D eigenvalue weighted by molar-refractivity contribution is 5.79. The molecule has 0 radical (unpaired) electrons. The molecule has 1 fully saturated rings. The number of carbonyl (C=O) groups is 1. The van der Waals surface area contributed by atoms with Gasteiger partial charge in [0.05, 0.1) is 0 Å². The number of nitrogens with one attached hydrogen (secondary N) is 1. The maximum atomic E-state index is 13.5. The smallest absolute Gasteiger partial charge is 0.225 e. The van der Waals surface area contributed by atoms with E-state index in [1.807, 2.05) is 24.0 Å². The number of hydrogen-bond acceptors (Lipinski definition) is 3. The Balaban J connectivity index is 1.51. The SMILES string of the molecule is CCN1Cc2ccccc2NC2(CCN(Cc3cccc(F)c3)CC2)CC1=O. The Morgan fingerprint density at radius 3 is 2.64 bits per heavy atom. The zero-order valence-corrected chi connectivity index (χ0v) is 16.5. The minimum Gasteiger partial charge on any atom is -0.379 e. The predicted molar refractivity (Wildman–Crippen MR) is 109 cm³/mol. The van der Waals surface area contributed by atoms with E-state index in [2.05, 4.69) is 28.4 Å². The molecule has 1 saturated heterocycles. The van der Waals surface area contributed by atoms with E-state index in [4.69, 9.17) is 0 Å². The highest BCUT2D eigenvalue weighted by Crippen LogP contribution is 2.35. The average molecular weight is 381 g/mol. The van der Waals surface area contributed by atoms with Gasteiger partial charge in [0.15, 0.2) is 0 Å². The van der Waals surface area contributed by atoms with Gasteiger partial charge in [-0.3, -0.25) is 9.69 Å². The Hall–Kier alpha value is -2.40. The molecule has 5 heteroatoms. The molecule has 1 amide bonds. The second-order valence-electron chi connectivity index (χ2n) is 8.05. The molecule has 2 aliphatic rings. The van der Waals surface area contributed by atoms with Crippen molar-refractivity contribution in [2.24, 2.45) is 0 Å². The molecule has 0 aliphatic carbocycles. The number of nitrogens with zero attached hydrogens (tertiary/aromatic N) is 2. The number of amides is 1. The van der Waals surface area contributed by atoms with Crippen LogP contribution in [0.4, 0.5) is 10.1 Å². The predicted octanol–water partition coefficient (Wildman–Crippen LogP) is 4.02. The standard InChI is InChI=1S/C23H28FN3O/c1-2-27-17-19-7-3-4-9-21(19)25-23(15-22(27)28)10-12-26(13-11-23)16-18-6-5-8-20(24)14-18/h3-9,14,25H,2,10-13,15-17H2,1H3. The van der Waals surface area contributed by atoms with Crippen LogP contribution in [-0.4, -0.2) is 40.9 Å². The highest BCUT2D eigenvalue weighted by Gasteiger charge is 2.39. The average Bonchev–Trinajstić information content (AvgIpc) is 2.68. The molecule has 1 N–H and O–H groups in total. The van der Waals surface area contributed by atoms with Crippen molar-refractivity contribution in [2.75, 3.05) is 25.0 Å². The Bertz CT molecular complexity index is 845. The number of halogens is 1. The van der Waals surface area contributed by atoms with E-state index >= 15 is 0 Å². The van der Waals surface area contributed by atoms with Crippen molar-refractivity contribution >= 4 is 11.6 Å². The Kier molecular flexibility index (Phi) is 5.36. The maximum Gasteiger partial charge on any atom is 0.225 e. The van der Waals surface area contributed by atoms with Crippen LogP contribution in [0.5, 0.6) is 0 Å². The summed E-state index contributed by atoms with van der Waals surface area (Å²) in [7, 11) is 0. The number of piperidine rings is 1. The van der Waals surface area contributed by atoms with Crippen LogP contribution in [0.1, 0.15) is 37.3 Å². The molecule has 2 heterocycles. The van der Waals surface area contributed by atoms with Crippen molar-refractivity contribution < 1.29 is 9.18 Å². The maximum absolute atomic E-state index is 13.5. The third-order valence-electron chi connectivity index (χ3n) is 6.11. The minimum absolute atomic E-state index is 0.186. The van der Waals surface area contributed by atoms with Gasteiger partial charge in [0.1, 0.15) is 5.82 Å². The molecule has 0 aromatic heterocycles. The Labute approximate surface area is 166 Å². The number of fused-ring (bicyclic) bond motifs is 1. The molecule has 2 aliphatic heterocycles. The zero-order chi connectivity index (χ0) is 19.6. The van der Waals surface area contributed by atoms with Crippen molar-refractivity contribution in [2.45, 2.75) is 44.8 Å². The van der Waals surface area contributed by atoms with Crippen molar-refractivity contribution in [3.05, 3.63) is 65.5 Å². The molecular formula is C23H28FN3O. The number of benzene rings is 2. The van der Waals surface area contributed by atoms with E-state index in [9.17, 15) is 9.18 Å². The molecule has 0 bridgehead atoms. The lowest BCUT2D eigenvalue weighted by molar-refractivity contribution is -0.133. The molecule has 0 unspecified atom stereocenters. The summed E-state index contributed by atoms with van der Waals surface area (Å²) in [5.74, 6) is 0.0395. The fourth-order valence-corrected chi connectivity index (χ4v) is 4.43. The lowest BCUT2D eigenvalue weighted by Gasteiger charge is -2.45. The molecule has 148 valence electrons. The fourth-order valence-electron chi connectivity index (χ4n) is 4.43. The first-order chi connectivity index (χ1) is 13.6. The summed E-state index contributed by atoms with van der Waals surface area (Å²) in [5, 5.41) is 3.75. The van der Waals surface area contributed by atoms with Crippen LogP contribution < -0.4 is 5.32 Å². The van der Waals surface area contributed by atoms with E-state index < -0.39 is 0 Å². The molecule has 4 rings (SSSR count). The number of likely N-dealkylation sites (tertiary alicyclic amines) is 1. The van der Waals surface area contributed by atoms with Gasteiger partial charge in [0.25, 0.3) is 0 Å². The number of para-hydroxylation sites is 1. The van der Waals surface area contributed by atoms with Crippen molar-refractivity contribution in [3.8, 4) is 0 Å². The van der Waals surface area contributed by atoms with Gasteiger partial charge < -0.3 is 10.2 Å². The first-order valence-corrected chi connectivity index (χ1v) is 10.2. The lowest BCUT2D eigenvalue weighted by Crippen LogP contribution is -2.53. The van der Waals surface area contributed by atoms with Crippen LogP contribution in [0.25, 0.3) is 0 Å². The van der Waals surface area contributed by atoms with Gasteiger partial charge in [0.2, 0.25) is 5.91 Å². The normalized spacial score (nSPS) is 19.6. The van der Waals surface area contributed by atoms with Crippen molar-refractivity contribution in [1.82, 2.24) is 9.80 Å². The number of hydrogen-bond donors (Lipinski definition) is 1. The van der Waals surface area contributed by atoms with Crippen LogP contribution >= 0.6 is 0 Å². The lowest BCUT2D eigenvalue weighted by atomic mass is 9.82. The highest BCUT2D eigenvalue weighted by atomic mass is 19.1. The van der Waals surface area contributed by atoms with Crippen LogP contribution in [0.3, 0.4) is 0 Å². The number of carbonyl (C=O) groups excluding carboxylic acids is 1. The molecule has 28 heavy (non-hydrogen) atoms. The largest absolute Gasteiger partial charge is 0.379 e. The first-order valence-electron chi connectivity index (χ1n) is 10.2. The molecule has 4 nitrogen and oxygen atoms in total. The zero-order valence-electron chi connectivity index (χ0n) is 16.5. The van der Waals surface area contributed by atoms with Gasteiger partial charge in [-0.05, 0) is 49.1 Å². The summed E-state index contributed by atoms with van der Waals surface area (Å²) in [4.78, 5) is 17.2. The van der Waals surface area contributed by atoms with E-state index in [-0.39, 0.29) is 17.3 Å². The van der Waals surface area contributed by atoms with E-state index in [1.54, 1.807) is 12.1 Å². The number of rotatable bonds is 3. The summed E-state index contributed by atoms with van der Waals surface area (Å²) in [6.45, 7) is 5.98. The van der Waals surface area contributed by atoms with Crippen LogP contribution in [-0.2, 0) is 17.9 Å². The summed E-state index contributed by atoms with van der Waals surface area (Å²) in [6.07, 6.45) is 2.34. The molecule has 1 spiro atoms. The quantitative estimate of drug-likeness (QED) is 0.872. The first kappa shape index (κ1) is 18.9. The summed E-state index contributed by atoms with van der Waals surface area (Å²) < 4.78 is 13.5. The van der Waals surface area contributed by atoms with Gasteiger partial charge in [-0.25, -0.2) is 4.39 Å². The van der Waals surface area contributed by atoms with Gasteiger partial charge in [-0.15, -0.1) is 0 Å². The van der Waals surface area contributed by atoms with Crippen LogP contribution in [0, 0.1) is 5.82 Å². The van der Waals surface area contributed by atoms with Crippen molar-refractivity contribution in [1.29, 1.82) is 0 Å².